The second kappa shape index (κ2) is 18.5. The van der Waals surface area contributed by atoms with Crippen LogP contribution < -0.4 is 21.2 Å². The molecule has 0 radical (unpaired) electrons. The van der Waals surface area contributed by atoms with Gasteiger partial charge in [0.25, 0.3) is 5.79 Å². The third-order valence-corrected chi connectivity index (χ3v) is 12.5. The number of H-pyrrole nitrogens is 1. The summed E-state index contributed by atoms with van der Waals surface area (Å²) in [6.07, 6.45) is -12.8. The van der Waals surface area contributed by atoms with Crippen molar-refractivity contribution in [3.8, 4) is 34.3 Å². The molecule has 2 saturated heterocycles. The number of aliphatic hydroxyl groups excluding tert-OH is 7. The summed E-state index contributed by atoms with van der Waals surface area (Å²) >= 11 is 0. The van der Waals surface area contributed by atoms with E-state index in [0.717, 1.165) is 18.2 Å². The Kier molecular flexibility index (Phi) is 13.1. The first-order valence-electron chi connectivity index (χ1n) is 21.4. The van der Waals surface area contributed by atoms with Crippen LogP contribution >= 0.6 is 0 Å². The molecule has 17 N–H and O–H groups in total. The molecule has 0 bridgehead atoms. The van der Waals surface area contributed by atoms with E-state index in [1.54, 1.807) is 30.5 Å². The molecule has 4 aliphatic rings. The Morgan fingerprint density at radius 1 is 0.913 bits per heavy atom. The smallest absolute Gasteiger partial charge is 0.340 e. The Labute approximate surface area is 388 Å². The average Bonchev–Trinajstić information content (AvgIpc) is 3.78. The molecular weight excluding hydrogens is 918 g/mol. The molecule has 11 atom stereocenters. The van der Waals surface area contributed by atoms with Crippen LogP contribution in [0.15, 0.2) is 87.4 Å². The van der Waals surface area contributed by atoms with Crippen LogP contribution in [0.1, 0.15) is 35.6 Å². The number of hydrogen-bond acceptors (Lipinski definition) is 22. The number of aromatic amines is 1. The number of phenolic OH excluding ortho intramolecular Hbond substituents is 3. The number of carboxylic acid groups (broad SMARTS) is 1. The Morgan fingerprint density at radius 2 is 1.67 bits per heavy atom. The molecule has 8 rings (SSSR count). The Morgan fingerprint density at radius 3 is 2.32 bits per heavy atom. The molecule has 6 heterocycles. The van der Waals surface area contributed by atoms with Crippen molar-refractivity contribution in [1.82, 2.24) is 10.3 Å². The minimum absolute atomic E-state index is 0.0476. The number of aromatic hydroxyl groups is 3. The number of esters is 1. The highest BCUT2D eigenvalue weighted by Gasteiger charge is 2.67. The molecule has 69 heavy (non-hydrogen) atoms. The molecule has 24 heteroatoms. The van der Waals surface area contributed by atoms with Crippen LogP contribution in [0, 0.1) is 0 Å². The lowest BCUT2D eigenvalue weighted by molar-refractivity contribution is -0.412. The summed E-state index contributed by atoms with van der Waals surface area (Å²) in [5.74, 6) is -17.1. The molecule has 1 spiro atoms. The number of aliphatic carboxylic acids is 1. The maximum atomic E-state index is 14.5. The molecule has 2 aromatic heterocycles. The fraction of sp³-hybridized carbons (Fsp3) is 0.400. The van der Waals surface area contributed by atoms with Gasteiger partial charge in [-0.15, -0.1) is 0 Å². The lowest BCUT2D eigenvalue weighted by Gasteiger charge is -2.51. The number of carbonyl (C=O) groups excluding carboxylic acids is 1. The van der Waals surface area contributed by atoms with Gasteiger partial charge in [-0.2, -0.15) is 0 Å². The Balaban J connectivity index is 1.32. The number of carbonyl (C=O) groups is 2. The number of nitrogens with one attached hydrogen (secondary N) is 2. The van der Waals surface area contributed by atoms with Gasteiger partial charge in [-0.25, -0.2) is 9.59 Å². The van der Waals surface area contributed by atoms with Gasteiger partial charge >= 0.3 is 11.9 Å². The summed E-state index contributed by atoms with van der Waals surface area (Å²) in [5, 5.41) is 143. The first-order chi connectivity index (χ1) is 32.7. The van der Waals surface area contributed by atoms with E-state index >= 15 is 0 Å². The molecule has 24 nitrogen and oxygen atoms in total. The minimum atomic E-state index is -3.67. The van der Waals surface area contributed by atoms with E-state index in [4.69, 9.17) is 29.1 Å². The second-order valence-corrected chi connectivity index (χ2v) is 17.0. The van der Waals surface area contributed by atoms with Crippen molar-refractivity contribution in [3.05, 3.63) is 105 Å². The van der Waals surface area contributed by atoms with Crippen molar-refractivity contribution in [3.63, 3.8) is 0 Å². The number of fused-ring (bicyclic) bond motifs is 2. The third-order valence-electron chi connectivity index (χ3n) is 12.5. The normalized spacial score (nSPS) is 30.7. The number of hydrogen-bond donors (Lipinski definition) is 16. The second-order valence-electron chi connectivity index (χ2n) is 17.0. The van der Waals surface area contributed by atoms with Gasteiger partial charge in [0.15, 0.2) is 35.2 Å². The lowest BCUT2D eigenvalue weighted by Crippen LogP contribution is -2.74. The van der Waals surface area contributed by atoms with E-state index < -0.39 is 144 Å². The van der Waals surface area contributed by atoms with Crippen molar-refractivity contribution in [2.45, 2.75) is 97.9 Å². The van der Waals surface area contributed by atoms with Crippen molar-refractivity contribution in [2.75, 3.05) is 13.2 Å². The summed E-state index contributed by atoms with van der Waals surface area (Å²) in [6, 6.07) is 7.77. The number of dihydropyridines is 1. The molecule has 4 aromatic rings. The van der Waals surface area contributed by atoms with Gasteiger partial charge in [0, 0.05) is 84.5 Å². The fourth-order valence-corrected chi connectivity index (χ4v) is 8.98. The van der Waals surface area contributed by atoms with Crippen LogP contribution in [0.2, 0.25) is 0 Å². The van der Waals surface area contributed by atoms with E-state index in [1.165, 1.54) is 18.3 Å². The largest absolute Gasteiger partial charge is 0.507 e. The van der Waals surface area contributed by atoms with Gasteiger partial charge in [0.1, 0.15) is 46.5 Å². The van der Waals surface area contributed by atoms with Gasteiger partial charge in [-0.05, 0) is 48.8 Å². The number of rotatable bonds is 12. The standard InChI is InChI=1S/C45H49N3O21/c46-29-5-4-19(17-48-29)23-14-21(13-22-3-1-8-47-22)45(66-28-16-27-31(33(54)30(23)28)24(51)15-26(65-27)20-11-18(6-10-50)32(53)25(52)12-20)37(57)35(56)34(55)36(67-45)42(62)69-43(7-2-9-49)38(58)39(59)44(63,64)40(68-43)41(60)61/h1,3-5,8,11-12,14-17,23,29,34-40,47-50,52-59,63-64H,2,6-7,9-10,13,46H2,(H,60,61)/t23-,29?,34-,35-,36-,37+,38+,39+,40+,43+,45-/m0/s1. The Hall–Kier alpha value is -6.39. The number of benzene rings is 2. The van der Waals surface area contributed by atoms with Crippen LogP contribution in [0.5, 0.6) is 23.0 Å². The van der Waals surface area contributed by atoms with Gasteiger partial charge in [-0.3, -0.25) is 4.79 Å². The van der Waals surface area contributed by atoms with Crippen LogP contribution in [-0.4, -0.2) is 163 Å². The molecule has 2 fully saturated rings. The van der Waals surface area contributed by atoms with Crippen LogP contribution in [0.3, 0.4) is 0 Å². The van der Waals surface area contributed by atoms with Crippen LogP contribution in [0.25, 0.3) is 22.3 Å². The molecule has 0 amide bonds. The molecular formula is C45H49N3O21. The maximum Gasteiger partial charge on any atom is 0.340 e. The topological polar surface area (TPSA) is 418 Å². The average molecular weight is 968 g/mol. The van der Waals surface area contributed by atoms with Gasteiger partial charge < -0.3 is 106 Å². The minimum Gasteiger partial charge on any atom is -0.507 e. The number of aliphatic hydroxyl groups is 9. The summed E-state index contributed by atoms with van der Waals surface area (Å²) in [4.78, 5) is 43.7. The fourth-order valence-electron chi connectivity index (χ4n) is 8.98. The summed E-state index contributed by atoms with van der Waals surface area (Å²) in [6.45, 7) is -1.13. The molecule has 1 unspecified atom stereocenters. The zero-order valence-electron chi connectivity index (χ0n) is 35.9. The highest BCUT2D eigenvalue weighted by atomic mass is 16.8. The number of allylic oxidation sites excluding steroid dienone is 3. The molecule has 2 aromatic carbocycles. The lowest BCUT2D eigenvalue weighted by atomic mass is 9.82. The van der Waals surface area contributed by atoms with Crippen molar-refractivity contribution >= 4 is 22.9 Å². The zero-order valence-corrected chi connectivity index (χ0v) is 35.9. The summed E-state index contributed by atoms with van der Waals surface area (Å²) < 4.78 is 29.9. The predicted octanol–water partition coefficient (Wildman–Crippen LogP) is -2.51. The quantitative estimate of drug-likeness (QED) is 0.0302. The number of phenols is 3. The highest BCUT2D eigenvalue weighted by Crippen LogP contribution is 2.52. The van der Waals surface area contributed by atoms with Crippen molar-refractivity contribution < 1.29 is 99.3 Å². The van der Waals surface area contributed by atoms with E-state index in [-0.39, 0.29) is 46.4 Å². The SMILES string of the molecule is NC1C=CC([C@@H]2C=C(Cc3ccc[nH]3)[C@]3(Oc4cc5oc(-c6cc(O)c(O)c(CCO)c6)cc(=O)c5c(O)c42)O[C@H](C(=O)O[C@@]2(CCCO)O[C@H](C(=O)O)C(O)(O)[C@H](O)[C@H]2O)[C@@H](O)[C@H](O)[C@H]3O)=CN1. The summed E-state index contributed by atoms with van der Waals surface area (Å²) in [7, 11) is 0. The van der Waals surface area contributed by atoms with Gasteiger partial charge in [0.2, 0.25) is 17.7 Å². The zero-order chi connectivity index (χ0) is 49.9. The van der Waals surface area contributed by atoms with Crippen molar-refractivity contribution in [2.24, 2.45) is 5.73 Å². The Bertz CT molecular complexity index is 2790. The van der Waals surface area contributed by atoms with Gasteiger partial charge in [-0.1, -0.05) is 12.2 Å². The van der Waals surface area contributed by atoms with Gasteiger partial charge in [0.05, 0.1) is 6.17 Å². The highest BCUT2D eigenvalue weighted by molar-refractivity contribution is 5.89. The van der Waals surface area contributed by atoms with E-state index in [0.29, 0.717) is 11.3 Å². The predicted molar refractivity (Wildman–Crippen MR) is 230 cm³/mol. The molecule has 4 aliphatic heterocycles. The first-order valence-corrected chi connectivity index (χ1v) is 21.4. The number of aromatic nitrogens is 1. The number of nitrogens with two attached hydrogens (primary N) is 1. The third kappa shape index (κ3) is 8.49. The van der Waals surface area contributed by atoms with Crippen LogP contribution in [0.4, 0.5) is 0 Å². The van der Waals surface area contributed by atoms with E-state index in [9.17, 15) is 80.8 Å². The van der Waals surface area contributed by atoms with Crippen molar-refractivity contribution in [1.29, 1.82) is 0 Å². The molecule has 0 aliphatic carbocycles. The first kappa shape index (κ1) is 49.0. The molecule has 0 saturated carbocycles. The van der Waals surface area contributed by atoms with E-state index in [2.05, 4.69) is 10.3 Å². The van der Waals surface area contributed by atoms with Crippen LogP contribution in [-0.2, 0) is 36.6 Å². The maximum absolute atomic E-state index is 14.5. The molecule has 370 valence electrons. The monoisotopic (exact) mass is 967 g/mol. The number of ether oxygens (including phenoxy) is 4. The van der Waals surface area contributed by atoms with E-state index in [1.807, 2.05) is 0 Å². The summed E-state index contributed by atoms with van der Waals surface area (Å²) in [5.41, 5.74) is 5.45. The number of carboxylic acids is 1.